The summed E-state index contributed by atoms with van der Waals surface area (Å²) in [6.45, 7) is 0. The van der Waals surface area contributed by atoms with E-state index in [2.05, 4.69) is 180 Å². The summed E-state index contributed by atoms with van der Waals surface area (Å²) in [6.07, 6.45) is 0. The van der Waals surface area contributed by atoms with Gasteiger partial charge in [0.25, 0.3) is 0 Å². The Morgan fingerprint density at radius 2 is 1.04 bits per heavy atom. The fourth-order valence-corrected chi connectivity index (χ4v) is 9.30. The van der Waals surface area contributed by atoms with Crippen molar-refractivity contribution in [2.45, 2.75) is 0 Å². The molecule has 238 valence electrons. The van der Waals surface area contributed by atoms with E-state index in [9.17, 15) is 0 Å². The number of hydrogen-bond donors (Lipinski definition) is 0. The standard InChI is InChI=1S/C48H29NOS/c1-3-13-30(14-4-1)32-25-26-43-40(27-32)35-17-7-9-22-42(35)49(43)44-23-12-20-37-41-29-33(28-39(46(41)50-47(37)44)31-15-5-2-6-16-31)34-19-11-21-38-36-18-8-10-24-45(36)51-48(34)38/h1-29H. The Balaban J connectivity index is 1.20. The normalized spacial score (nSPS) is 11.9. The molecule has 0 bridgehead atoms. The van der Waals surface area contributed by atoms with Crippen molar-refractivity contribution < 1.29 is 4.42 Å². The first kappa shape index (κ1) is 28.4. The molecule has 11 aromatic rings. The van der Waals surface area contributed by atoms with Gasteiger partial charge in [-0.15, -0.1) is 11.3 Å². The lowest BCUT2D eigenvalue weighted by Gasteiger charge is -2.09. The SMILES string of the molecule is c1ccc(-c2ccc3c(c2)c2ccccc2n3-c2cccc3c2oc2c(-c4ccccc4)cc(-c4cccc5c4sc4ccccc45)cc23)cc1. The Morgan fingerprint density at radius 3 is 1.90 bits per heavy atom. The number of para-hydroxylation sites is 2. The van der Waals surface area contributed by atoms with Crippen molar-refractivity contribution in [2.24, 2.45) is 0 Å². The van der Waals surface area contributed by atoms with E-state index in [1.54, 1.807) is 0 Å². The van der Waals surface area contributed by atoms with Crippen LogP contribution >= 0.6 is 11.3 Å². The Bertz CT molecular complexity index is 3130. The predicted molar refractivity (Wildman–Crippen MR) is 217 cm³/mol. The van der Waals surface area contributed by atoms with Crippen LogP contribution in [0.4, 0.5) is 0 Å². The van der Waals surface area contributed by atoms with Crippen molar-refractivity contribution in [3.63, 3.8) is 0 Å². The number of nitrogens with zero attached hydrogens (tertiary/aromatic N) is 1. The fourth-order valence-electron chi connectivity index (χ4n) is 8.07. The monoisotopic (exact) mass is 667 g/mol. The molecule has 0 unspecified atom stereocenters. The van der Waals surface area contributed by atoms with Crippen LogP contribution in [-0.4, -0.2) is 4.57 Å². The van der Waals surface area contributed by atoms with Gasteiger partial charge >= 0.3 is 0 Å². The maximum absolute atomic E-state index is 7.09. The molecule has 3 heterocycles. The Hall–Kier alpha value is -6.42. The van der Waals surface area contributed by atoms with Gasteiger partial charge < -0.3 is 8.98 Å². The van der Waals surface area contributed by atoms with Crippen LogP contribution in [0.25, 0.3) is 103 Å². The van der Waals surface area contributed by atoms with Gasteiger partial charge in [0, 0.05) is 47.3 Å². The summed E-state index contributed by atoms with van der Waals surface area (Å²) in [5.41, 5.74) is 12.2. The Labute approximate surface area is 298 Å². The first-order valence-electron chi connectivity index (χ1n) is 17.3. The molecule has 0 spiro atoms. The summed E-state index contributed by atoms with van der Waals surface area (Å²) >= 11 is 1.87. The quantitative estimate of drug-likeness (QED) is 0.183. The molecule has 3 aromatic heterocycles. The molecule has 0 fully saturated rings. The lowest BCUT2D eigenvalue weighted by Crippen LogP contribution is -1.94. The summed E-state index contributed by atoms with van der Waals surface area (Å²) in [4.78, 5) is 0. The van der Waals surface area contributed by atoms with E-state index in [-0.39, 0.29) is 0 Å². The van der Waals surface area contributed by atoms with Gasteiger partial charge in [0.2, 0.25) is 0 Å². The molecular weight excluding hydrogens is 639 g/mol. The molecule has 0 aliphatic carbocycles. The second-order valence-electron chi connectivity index (χ2n) is 13.3. The van der Waals surface area contributed by atoms with E-state index in [0.717, 1.165) is 49.8 Å². The van der Waals surface area contributed by atoms with Gasteiger partial charge in [0.1, 0.15) is 5.58 Å². The summed E-state index contributed by atoms with van der Waals surface area (Å²) in [5.74, 6) is 0. The molecule has 51 heavy (non-hydrogen) atoms. The average Bonchev–Trinajstić information content (AvgIpc) is 3.88. The van der Waals surface area contributed by atoms with Crippen LogP contribution in [0.1, 0.15) is 0 Å². The van der Waals surface area contributed by atoms with Crippen molar-refractivity contribution in [3.8, 4) is 39.1 Å². The highest BCUT2D eigenvalue weighted by Crippen LogP contribution is 2.46. The molecule has 0 saturated carbocycles. The summed E-state index contributed by atoms with van der Waals surface area (Å²) in [5, 5.41) is 7.29. The van der Waals surface area contributed by atoms with Gasteiger partial charge in [-0.1, -0.05) is 133 Å². The van der Waals surface area contributed by atoms with Crippen molar-refractivity contribution >= 4 is 75.3 Å². The van der Waals surface area contributed by atoms with Crippen molar-refractivity contribution in [1.29, 1.82) is 0 Å². The predicted octanol–water partition coefficient (Wildman–Crippen LogP) is 14.1. The molecule has 3 heteroatoms. The molecule has 0 aliphatic heterocycles. The third-order valence-electron chi connectivity index (χ3n) is 10.4. The van der Waals surface area contributed by atoms with Crippen LogP contribution in [0.15, 0.2) is 180 Å². The number of thiophene rings is 1. The topological polar surface area (TPSA) is 18.1 Å². The van der Waals surface area contributed by atoms with Gasteiger partial charge in [-0.05, 0) is 70.3 Å². The van der Waals surface area contributed by atoms with Gasteiger partial charge in [0.15, 0.2) is 5.58 Å². The highest BCUT2D eigenvalue weighted by atomic mass is 32.1. The third kappa shape index (κ3) is 4.29. The van der Waals surface area contributed by atoms with E-state index < -0.39 is 0 Å². The number of aromatic nitrogens is 1. The van der Waals surface area contributed by atoms with Gasteiger partial charge in [0.05, 0.1) is 16.7 Å². The van der Waals surface area contributed by atoms with E-state index in [4.69, 9.17) is 4.42 Å². The molecule has 0 N–H and O–H groups in total. The van der Waals surface area contributed by atoms with E-state index in [1.807, 2.05) is 11.3 Å². The highest BCUT2D eigenvalue weighted by molar-refractivity contribution is 7.26. The lowest BCUT2D eigenvalue weighted by molar-refractivity contribution is 0.667. The average molecular weight is 668 g/mol. The number of rotatable bonds is 4. The molecule has 0 atom stereocenters. The summed E-state index contributed by atoms with van der Waals surface area (Å²) in [6, 6.07) is 63.5. The number of furan rings is 1. The zero-order valence-corrected chi connectivity index (χ0v) is 28.3. The molecule has 0 radical (unpaired) electrons. The Morgan fingerprint density at radius 1 is 0.373 bits per heavy atom. The van der Waals surface area contributed by atoms with Crippen molar-refractivity contribution in [2.75, 3.05) is 0 Å². The molecule has 2 nitrogen and oxygen atoms in total. The van der Waals surface area contributed by atoms with E-state index >= 15 is 0 Å². The first-order valence-corrected chi connectivity index (χ1v) is 18.2. The van der Waals surface area contributed by atoms with Crippen LogP contribution in [0.5, 0.6) is 0 Å². The second-order valence-corrected chi connectivity index (χ2v) is 14.3. The minimum Gasteiger partial charge on any atom is -0.453 e. The number of benzene rings is 8. The zero-order chi connectivity index (χ0) is 33.5. The molecule has 11 rings (SSSR count). The van der Waals surface area contributed by atoms with E-state index in [0.29, 0.717) is 0 Å². The summed E-state index contributed by atoms with van der Waals surface area (Å²) in [7, 11) is 0. The number of fused-ring (bicyclic) bond motifs is 9. The minimum absolute atomic E-state index is 0.886. The van der Waals surface area contributed by atoms with Crippen LogP contribution in [0, 0.1) is 0 Å². The molecular formula is C48H29NOS. The zero-order valence-electron chi connectivity index (χ0n) is 27.5. The Kier molecular flexibility index (Phi) is 6.16. The first-order chi connectivity index (χ1) is 25.3. The molecule has 0 aliphatic rings. The second kappa shape index (κ2) is 11.0. The summed E-state index contributed by atoms with van der Waals surface area (Å²) < 4.78 is 12.1. The molecule has 8 aromatic carbocycles. The lowest BCUT2D eigenvalue weighted by atomic mass is 9.95. The molecule has 0 amide bonds. The third-order valence-corrected chi connectivity index (χ3v) is 11.6. The highest BCUT2D eigenvalue weighted by Gasteiger charge is 2.21. The largest absolute Gasteiger partial charge is 0.453 e. The maximum atomic E-state index is 7.09. The van der Waals surface area contributed by atoms with Gasteiger partial charge in [-0.3, -0.25) is 0 Å². The van der Waals surface area contributed by atoms with Crippen LogP contribution in [0.2, 0.25) is 0 Å². The van der Waals surface area contributed by atoms with Crippen molar-refractivity contribution in [3.05, 3.63) is 176 Å². The molecule has 0 saturated heterocycles. The number of hydrogen-bond acceptors (Lipinski definition) is 2. The minimum atomic E-state index is 0.886. The van der Waals surface area contributed by atoms with Crippen molar-refractivity contribution in [1.82, 2.24) is 4.57 Å². The van der Waals surface area contributed by atoms with Crippen LogP contribution in [0.3, 0.4) is 0 Å². The smallest absolute Gasteiger partial charge is 0.159 e. The van der Waals surface area contributed by atoms with Crippen LogP contribution < -0.4 is 0 Å². The maximum Gasteiger partial charge on any atom is 0.159 e. The van der Waals surface area contributed by atoms with E-state index in [1.165, 1.54) is 53.2 Å². The fraction of sp³-hybridized carbons (Fsp3) is 0. The van der Waals surface area contributed by atoms with Crippen LogP contribution in [-0.2, 0) is 0 Å². The van der Waals surface area contributed by atoms with Gasteiger partial charge in [-0.2, -0.15) is 0 Å². The van der Waals surface area contributed by atoms with Gasteiger partial charge in [-0.25, -0.2) is 0 Å².